The molecule has 1 aromatic heterocycles. The lowest BCUT2D eigenvalue weighted by molar-refractivity contribution is 0.315. The molecule has 1 atom stereocenters. The van der Waals surface area contributed by atoms with Gasteiger partial charge in [0.1, 0.15) is 0 Å². The van der Waals surface area contributed by atoms with Crippen molar-refractivity contribution < 1.29 is 0 Å². The van der Waals surface area contributed by atoms with Crippen LogP contribution in [-0.4, -0.2) is 10.7 Å². The van der Waals surface area contributed by atoms with Crippen LogP contribution < -0.4 is 0 Å². The fourth-order valence-corrected chi connectivity index (χ4v) is 4.32. The Hall–Kier alpha value is -2.66. The van der Waals surface area contributed by atoms with Crippen molar-refractivity contribution in [2.45, 2.75) is 65.3 Å². The lowest BCUT2D eigenvalue weighted by Gasteiger charge is -2.29. The van der Waals surface area contributed by atoms with E-state index in [0.717, 1.165) is 22.8 Å². The van der Waals surface area contributed by atoms with Crippen LogP contribution in [0.15, 0.2) is 54.3 Å². The molecular formula is C27H32N2. The summed E-state index contributed by atoms with van der Waals surface area (Å²) in [4.78, 5) is 9.11. The minimum atomic E-state index is 0.538. The van der Waals surface area contributed by atoms with E-state index in [2.05, 4.69) is 54.6 Å². The Morgan fingerprint density at radius 2 is 2.00 bits per heavy atom. The van der Waals surface area contributed by atoms with Gasteiger partial charge in [-0.2, -0.15) is 0 Å². The number of benzene rings is 1. The van der Waals surface area contributed by atoms with E-state index in [9.17, 15) is 0 Å². The molecule has 150 valence electrons. The number of rotatable bonds is 6. The summed E-state index contributed by atoms with van der Waals surface area (Å²) < 4.78 is 0. The highest BCUT2D eigenvalue weighted by molar-refractivity contribution is 5.92. The smallest absolute Gasteiger partial charge is 0.0645 e. The molecule has 1 saturated carbocycles. The van der Waals surface area contributed by atoms with Crippen LogP contribution in [0.4, 0.5) is 0 Å². The van der Waals surface area contributed by atoms with Crippen molar-refractivity contribution in [2.24, 2.45) is 10.9 Å². The number of hydrogen-bond acceptors (Lipinski definition) is 2. The lowest BCUT2D eigenvalue weighted by atomic mass is 9.76. The van der Waals surface area contributed by atoms with Crippen molar-refractivity contribution in [3.05, 3.63) is 66.0 Å². The maximum Gasteiger partial charge on any atom is 0.0645 e. The van der Waals surface area contributed by atoms with E-state index >= 15 is 0 Å². The zero-order chi connectivity index (χ0) is 20.6. The van der Waals surface area contributed by atoms with Gasteiger partial charge in [-0.15, -0.1) is 5.92 Å². The quantitative estimate of drug-likeness (QED) is 0.391. The molecule has 1 heterocycles. The fourth-order valence-electron chi connectivity index (χ4n) is 4.32. The average Bonchev–Trinajstić information content (AvgIpc) is 2.78. The zero-order valence-electron chi connectivity index (χ0n) is 18.0. The summed E-state index contributed by atoms with van der Waals surface area (Å²) in [5.74, 6) is 7.38. The van der Waals surface area contributed by atoms with Crippen LogP contribution in [0.5, 0.6) is 0 Å². The van der Waals surface area contributed by atoms with E-state index in [4.69, 9.17) is 4.99 Å². The lowest BCUT2D eigenvalue weighted by Crippen LogP contribution is -2.15. The Labute approximate surface area is 176 Å². The summed E-state index contributed by atoms with van der Waals surface area (Å²) in [7, 11) is 0. The van der Waals surface area contributed by atoms with Crippen molar-refractivity contribution in [2.75, 3.05) is 0 Å². The SMILES string of the molecule is C=C/C(C)=N\Cc1ccc(-c2cncc(C#CC)c2)cc1C(C)C1CCCCC1. The second-order valence-electron chi connectivity index (χ2n) is 8.10. The van der Waals surface area contributed by atoms with Crippen LogP contribution in [0.2, 0.25) is 0 Å². The van der Waals surface area contributed by atoms with Crippen molar-refractivity contribution >= 4 is 5.71 Å². The van der Waals surface area contributed by atoms with Gasteiger partial charge in [0.15, 0.2) is 0 Å². The molecule has 0 N–H and O–H groups in total. The Kier molecular flexibility index (Phi) is 7.42. The summed E-state index contributed by atoms with van der Waals surface area (Å²) >= 11 is 0. The molecule has 2 heteroatoms. The first-order chi connectivity index (χ1) is 14.1. The monoisotopic (exact) mass is 384 g/mol. The number of nitrogens with zero attached hydrogens (tertiary/aromatic N) is 2. The van der Waals surface area contributed by atoms with Gasteiger partial charge in [0.05, 0.1) is 6.54 Å². The first-order valence-corrected chi connectivity index (χ1v) is 10.8. The van der Waals surface area contributed by atoms with Crippen molar-refractivity contribution in [3.63, 3.8) is 0 Å². The zero-order valence-corrected chi connectivity index (χ0v) is 18.0. The molecule has 3 rings (SSSR count). The molecular weight excluding hydrogens is 352 g/mol. The van der Waals surface area contributed by atoms with Crippen molar-refractivity contribution in [3.8, 4) is 23.0 Å². The van der Waals surface area contributed by atoms with Crippen molar-refractivity contribution in [1.82, 2.24) is 4.98 Å². The van der Waals surface area contributed by atoms with Gasteiger partial charge in [-0.3, -0.25) is 9.98 Å². The third-order valence-corrected chi connectivity index (χ3v) is 6.13. The molecule has 1 aliphatic carbocycles. The standard InChI is InChI=1S/C27H32N2/c1-5-10-22-15-26(18-28-17-22)24-13-14-25(19-29-20(3)6-2)27(16-24)21(4)23-11-8-7-9-12-23/h6,13-18,21,23H,2,7-9,11-12,19H2,1,3-4H3/b29-20-. The number of hydrogen-bond donors (Lipinski definition) is 0. The maximum atomic E-state index is 4.71. The highest BCUT2D eigenvalue weighted by Gasteiger charge is 2.23. The molecule has 0 aliphatic heterocycles. The summed E-state index contributed by atoms with van der Waals surface area (Å²) in [6.07, 6.45) is 12.4. The molecule has 1 unspecified atom stereocenters. The predicted molar refractivity (Wildman–Crippen MR) is 124 cm³/mol. The normalized spacial score (nSPS) is 16.0. The molecule has 29 heavy (non-hydrogen) atoms. The summed E-state index contributed by atoms with van der Waals surface area (Å²) in [6.45, 7) is 10.8. The number of pyridine rings is 1. The van der Waals surface area contributed by atoms with E-state index in [0.29, 0.717) is 12.5 Å². The molecule has 0 amide bonds. The Bertz CT molecular complexity index is 936. The number of aliphatic imine (C=N–C) groups is 1. The second kappa shape index (κ2) is 10.2. The topological polar surface area (TPSA) is 25.2 Å². The third kappa shape index (κ3) is 5.45. The van der Waals surface area contributed by atoms with Crippen LogP contribution in [0.1, 0.15) is 75.5 Å². The van der Waals surface area contributed by atoms with Crippen LogP contribution in [0, 0.1) is 17.8 Å². The Morgan fingerprint density at radius 3 is 2.72 bits per heavy atom. The van der Waals surface area contributed by atoms with E-state index in [-0.39, 0.29) is 0 Å². The molecule has 0 radical (unpaired) electrons. The highest BCUT2D eigenvalue weighted by atomic mass is 14.7. The molecule has 2 nitrogen and oxygen atoms in total. The van der Waals surface area contributed by atoms with Gasteiger partial charge in [-0.05, 0) is 67.4 Å². The predicted octanol–water partition coefficient (Wildman–Crippen LogP) is 6.95. The molecule has 0 bridgehead atoms. The van der Waals surface area contributed by atoms with E-state index in [1.807, 2.05) is 32.3 Å². The van der Waals surface area contributed by atoms with Gasteiger partial charge < -0.3 is 0 Å². The summed E-state index contributed by atoms with van der Waals surface area (Å²) in [5.41, 5.74) is 7.04. The van der Waals surface area contributed by atoms with E-state index < -0.39 is 0 Å². The Balaban J connectivity index is 2.00. The van der Waals surface area contributed by atoms with Crippen LogP contribution in [0.3, 0.4) is 0 Å². The molecule has 1 aromatic carbocycles. The second-order valence-corrected chi connectivity index (χ2v) is 8.10. The molecule has 1 aliphatic rings. The van der Waals surface area contributed by atoms with Gasteiger partial charge in [-0.1, -0.05) is 56.9 Å². The molecule has 1 fully saturated rings. The van der Waals surface area contributed by atoms with Gasteiger partial charge in [-0.25, -0.2) is 0 Å². The highest BCUT2D eigenvalue weighted by Crippen LogP contribution is 2.38. The average molecular weight is 385 g/mol. The summed E-state index contributed by atoms with van der Waals surface area (Å²) in [6, 6.07) is 8.95. The van der Waals surface area contributed by atoms with E-state index in [1.54, 1.807) is 0 Å². The van der Waals surface area contributed by atoms with Gasteiger partial charge in [0.2, 0.25) is 0 Å². The maximum absolute atomic E-state index is 4.71. The van der Waals surface area contributed by atoms with Gasteiger partial charge in [0.25, 0.3) is 0 Å². The minimum absolute atomic E-state index is 0.538. The van der Waals surface area contributed by atoms with Crippen LogP contribution in [0.25, 0.3) is 11.1 Å². The summed E-state index contributed by atoms with van der Waals surface area (Å²) in [5, 5.41) is 0. The molecule has 0 spiro atoms. The number of aromatic nitrogens is 1. The first-order valence-electron chi connectivity index (χ1n) is 10.8. The third-order valence-electron chi connectivity index (χ3n) is 6.13. The number of allylic oxidation sites excluding steroid dienone is 1. The van der Waals surface area contributed by atoms with Crippen molar-refractivity contribution in [1.29, 1.82) is 0 Å². The van der Waals surface area contributed by atoms with Crippen LogP contribution in [-0.2, 0) is 6.54 Å². The Morgan fingerprint density at radius 1 is 1.21 bits per heavy atom. The van der Waals surface area contributed by atoms with E-state index in [1.165, 1.54) is 48.8 Å². The van der Waals surface area contributed by atoms with Crippen LogP contribution >= 0.6 is 0 Å². The molecule has 2 aromatic rings. The molecule has 0 saturated heterocycles. The first kappa shape index (κ1) is 21.1. The largest absolute Gasteiger partial charge is 0.285 e. The minimum Gasteiger partial charge on any atom is -0.285 e. The van der Waals surface area contributed by atoms with Gasteiger partial charge >= 0.3 is 0 Å². The fraction of sp³-hybridized carbons (Fsp3) is 0.407. The van der Waals surface area contributed by atoms with Gasteiger partial charge in [0, 0.05) is 29.2 Å².